The van der Waals surface area contributed by atoms with Gasteiger partial charge in [-0.1, -0.05) is 18.2 Å². The average Bonchev–Trinajstić information content (AvgIpc) is 2.30. The van der Waals surface area contributed by atoms with E-state index in [1.54, 1.807) is 11.3 Å². The van der Waals surface area contributed by atoms with E-state index in [0.29, 0.717) is 0 Å². The number of hydrogen-bond acceptors (Lipinski definition) is 2. The van der Waals surface area contributed by atoms with Gasteiger partial charge in [-0.05, 0) is 26.8 Å². The van der Waals surface area contributed by atoms with Gasteiger partial charge < -0.3 is 0 Å². The van der Waals surface area contributed by atoms with E-state index in [1.165, 1.54) is 10.5 Å². The topological polar surface area (TPSA) is 12.9 Å². The molecule has 1 heterocycles. The van der Waals surface area contributed by atoms with Gasteiger partial charge in [0.05, 0.1) is 15.6 Å². The van der Waals surface area contributed by atoms with E-state index < -0.39 is 0 Å². The molecular formula is C10H13NS. The Morgan fingerprint density at radius 3 is 2.58 bits per heavy atom. The van der Waals surface area contributed by atoms with Crippen LogP contribution in [-0.2, 0) is 0 Å². The molecule has 64 valence electrons. The van der Waals surface area contributed by atoms with Gasteiger partial charge in [0.15, 0.2) is 0 Å². The summed E-state index contributed by atoms with van der Waals surface area (Å²) in [7, 11) is 0. The second kappa shape index (κ2) is 3.68. The molecule has 0 N–H and O–H groups in total. The molecule has 0 saturated carbocycles. The van der Waals surface area contributed by atoms with Crippen molar-refractivity contribution in [3.05, 3.63) is 33.8 Å². The molecule has 2 heteroatoms. The Balaban J connectivity index is 3.03. The SMILES string of the molecule is C=C/C(C)=C\c1sc(C)nc1C. The van der Waals surface area contributed by atoms with Crippen LogP contribution >= 0.6 is 11.3 Å². The first kappa shape index (κ1) is 9.20. The molecule has 0 atom stereocenters. The molecule has 1 rings (SSSR count). The van der Waals surface area contributed by atoms with Gasteiger partial charge in [0.25, 0.3) is 0 Å². The summed E-state index contributed by atoms with van der Waals surface area (Å²) < 4.78 is 0. The van der Waals surface area contributed by atoms with Crippen molar-refractivity contribution in [2.24, 2.45) is 0 Å². The lowest BCUT2D eigenvalue weighted by Crippen LogP contribution is -1.74. The fourth-order valence-corrected chi connectivity index (χ4v) is 1.89. The Labute approximate surface area is 77.5 Å². The molecule has 12 heavy (non-hydrogen) atoms. The van der Waals surface area contributed by atoms with Crippen molar-refractivity contribution in [3.8, 4) is 0 Å². The zero-order valence-electron chi connectivity index (χ0n) is 7.72. The second-order valence-electron chi connectivity index (χ2n) is 2.78. The van der Waals surface area contributed by atoms with Gasteiger partial charge >= 0.3 is 0 Å². The molecule has 0 bridgehead atoms. The van der Waals surface area contributed by atoms with Gasteiger partial charge in [0.2, 0.25) is 0 Å². The highest BCUT2D eigenvalue weighted by Crippen LogP contribution is 2.20. The Kier molecular flexibility index (Phi) is 2.82. The Hall–Kier alpha value is -0.890. The summed E-state index contributed by atoms with van der Waals surface area (Å²) in [5, 5.41) is 1.12. The minimum absolute atomic E-state index is 1.11. The number of aromatic nitrogens is 1. The number of hydrogen-bond donors (Lipinski definition) is 0. The van der Waals surface area contributed by atoms with Crippen molar-refractivity contribution < 1.29 is 0 Å². The molecule has 0 aliphatic heterocycles. The minimum Gasteiger partial charge on any atom is -0.246 e. The van der Waals surface area contributed by atoms with Gasteiger partial charge in [-0.3, -0.25) is 0 Å². The first-order chi connectivity index (χ1) is 5.63. The molecule has 1 aromatic rings. The molecule has 1 aromatic heterocycles. The quantitative estimate of drug-likeness (QED) is 0.634. The molecule has 0 radical (unpaired) electrons. The summed E-state index contributed by atoms with van der Waals surface area (Å²) >= 11 is 1.72. The van der Waals surface area contributed by atoms with E-state index in [-0.39, 0.29) is 0 Å². The average molecular weight is 179 g/mol. The van der Waals surface area contributed by atoms with Crippen LogP contribution in [-0.4, -0.2) is 4.98 Å². The molecule has 0 saturated heterocycles. The lowest BCUT2D eigenvalue weighted by atomic mass is 10.2. The summed E-state index contributed by atoms with van der Waals surface area (Å²) in [5.74, 6) is 0. The Morgan fingerprint density at radius 2 is 2.17 bits per heavy atom. The molecule has 0 fully saturated rings. The third kappa shape index (κ3) is 2.05. The predicted molar refractivity (Wildman–Crippen MR) is 55.4 cm³/mol. The molecule has 0 aliphatic carbocycles. The van der Waals surface area contributed by atoms with Crippen LogP contribution in [0.2, 0.25) is 0 Å². The van der Waals surface area contributed by atoms with Gasteiger partial charge in [0.1, 0.15) is 0 Å². The summed E-state index contributed by atoms with van der Waals surface area (Å²) in [6.07, 6.45) is 3.97. The Morgan fingerprint density at radius 1 is 1.50 bits per heavy atom. The number of nitrogens with zero attached hydrogens (tertiary/aromatic N) is 1. The molecule has 0 amide bonds. The maximum Gasteiger partial charge on any atom is 0.0903 e. The second-order valence-corrected chi connectivity index (χ2v) is 4.01. The van der Waals surface area contributed by atoms with Crippen molar-refractivity contribution in [2.75, 3.05) is 0 Å². The first-order valence-electron chi connectivity index (χ1n) is 3.88. The van der Waals surface area contributed by atoms with E-state index in [2.05, 4.69) is 17.6 Å². The van der Waals surface area contributed by atoms with E-state index in [9.17, 15) is 0 Å². The number of rotatable bonds is 2. The lowest BCUT2D eigenvalue weighted by Gasteiger charge is -1.89. The van der Waals surface area contributed by atoms with Crippen LogP contribution in [0, 0.1) is 13.8 Å². The van der Waals surface area contributed by atoms with Crippen LogP contribution in [0.3, 0.4) is 0 Å². The number of allylic oxidation sites excluding steroid dienone is 2. The van der Waals surface area contributed by atoms with E-state index >= 15 is 0 Å². The standard InChI is InChI=1S/C10H13NS/c1-5-7(2)6-10-8(3)11-9(4)12-10/h5-6H,1H2,2-4H3/b7-6-. The zero-order chi connectivity index (χ0) is 9.14. The van der Waals surface area contributed by atoms with Gasteiger partial charge in [-0.25, -0.2) is 4.98 Å². The first-order valence-corrected chi connectivity index (χ1v) is 4.70. The van der Waals surface area contributed by atoms with Gasteiger partial charge in [-0.2, -0.15) is 0 Å². The van der Waals surface area contributed by atoms with Crippen LogP contribution in [0.15, 0.2) is 18.2 Å². The van der Waals surface area contributed by atoms with Crippen LogP contribution in [0.5, 0.6) is 0 Å². The van der Waals surface area contributed by atoms with Crippen molar-refractivity contribution >= 4 is 17.4 Å². The maximum atomic E-state index is 4.34. The van der Waals surface area contributed by atoms with Gasteiger partial charge in [-0.15, -0.1) is 11.3 Å². The van der Waals surface area contributed by atoms with E-state index in [4.69, 9.17) is 0 Å². The molecule has 0 aromatic carbocycles. The third-order valence-electron chi connectivity index (χ3n) is 1.62. The summed E-state index contributed by atoms with van der Waals surface area (Å²) in [6.45, 7) is 9.81. The monoisotopic (exact) mass is 179 g/mol. The molecule has 0 aliphatic rings. The Bertz CT molecular complexity index is 321. The van der Waals surface area contributed by atoms with Gasteiger partial charge in [0, 0.05) is 0 Å². The predicted octanol–water partition coefficient (Wildman–Crippen LogP) is 3.35. The van der Waals surface area contributed by atoms with E-state index in [0.717, 1.165) is 10.7 Å². The number of aryl methyl sites for hydroxylation is 2. The fourth-order valence-electron chi connectivity index (χ4n) is 0.947. The number of thiazole rings is 1. The van der Waals surface area contributed by atoms with Crippen molar-refractivity contribution in [1.29, 1.82) is 0 Å². The van der Waals surface area contributed by atoms with Crippen LogP contribution in [0.25, 0.3) is 6.08 Å². The third-order valence-corrected chi connectivity index (χ3v) is 2.64. The van der Waals surface area contributed by atoms with Crippen molar-refractivity contribution in [2.45, 2.75) is 20.8 Å². The lowest BCUT2D eigenvalue weighted by molar-refractivity contribution is 1.20. The van der Waals surface area contributed by atoms with Crippen molar-refractivity contribution in [1.82, 2.24) is 4.98 Å². The highest BCUT2D eigenvalue weighted by atomic mass is 32.1. The molecule has 0 spiro atoms. The van der Waals surface area contributed by atoms with Crippen molar-refractivity contribution in [3.63, 3.8) is 0 Å². The minimum atomic E-state index is 1.11. The fraction of sp³-hybridized carbons (Fsp3) is 0.300. The zero-order valence-corrected chi connectivity index (χ0v) is 8.53. The van der Waals surface area contributed by atoms with Crippen LogP contribution in [0.4, 0.5) is 0 Å². The normalized spacial score (nSPS) is 11.8. The maximum absolute atomic E-state index is 4.34. The summed E-state index contributed by atoms with van der Waals surface area (Å²) in [6, 6.07) is 0. The summed E-state index contributed by atoms with van der Waals surface area (Å²) in [5.41, 5.74) is 2.29. The summed E-state index contributed by atoms with van der Waals surface area (Å²) in [4.78, 5) is 5.58. The molecular weight excluding hydrogens is 166 g/mol. The highest BCUT2D eigenvalue weighted by Gasteiger charge is 2.00. The van der Waals surface area contributed by atoms with E-state index in [1.807, 2.05) is 26.8 Å². The van der Waals surface area contributed by atoms with Crippen LogP contribution in [0.1, 0.15) is 22.5 Å². The molecule has 0 unspecified atom stereocenters. The largest absolute Gasteiger partial charge is 0.246 e. The molecule has 1 nitrogen and oxygen atoms in total. The van der Waals surface area contributed by atoms with Crippen LogP contribution < -0.4 is 0 Å². The smallest absolute Gasteiger partial charge is 0.0903 e. The highest BCUT2D eigenvalue weighted by molar-refractivity contribution is 7.12.